The molecule has 0 aromatic heterocycles. The number of nitrogens with two attached hydrogens (primary N) is 1. The average molecular weight is 312 g/mol. The SMILES string of the molecule is CC1CCCN(S(=O)(=O)Nc2ccc(/C(N)=N/O)cc2)C1. The van der Waals surface area contributed by atoms with E-state index in [1.807, 2.05) is 6.92 Å². The maximum Gasteiger partial charge on any atom is 0.301 e. The summed E-state index contributed by atoms with van der Waals surface area (Å²) in [7, 11) is -3.54. The van der Waals surface area contributed by atoms with Crippen molar-refractivity contribution < 1.29 is 13.6 Å². The number of nitrogens with one attached hydrogen (secondary N) is 1. The molecule has 116 valence electrons. The van der Waals surface area contributed by atoms with E-state index < -0.39 is 10.2 Å². The fourth-order valence-electron chi connectivity index (χ4n) is 2.34. The van der Waals surface area contributed by atoms with E-state index in [1.54, 1.807) is 24.3 Å². The molecule has 0 aliphatic carbocycles. The first-order valence-electron chi connectivity index (χ1n) is 6.78. The van der Waals surface area contributed by atoms with Crippen molar-refractivity contribution in [2.24, 2.45) is 16.8 Å². The highest BCUT2D eigenvalue weighted by Gasteiger charge is 2.26. The quantitative estimate of drug-likeness (QED) is 0.335. The summed E-state index contributed by atoms with van der Waals surface area (Å²) in [5.41, 5.74) is 6.42. The third kappa shape index (κ3) is 3.85. The number of amidine groups is 1. The van der Waals surface area contributed by atoms with E-state index in [0.717, 1.165) is 12.8 Å². The van der Waals surface area contributed by atoms with Crippen LogP contribution in [0.5, 0.6) is 0 Å². The lowest BCUT2D eigenvalue weighted by Crippen LogP contribution is -2.42. The second kappa shape index (κ2) is 6.31. The number of hydrogen-bond acceptors (Lipinski definition) is 4. The van der Waals surface area contributed by atoms with Gasteiger partial charge in [-0.1, -0.05) is 12.1 Å². The smallest absolute Gasteiger partial charge is 0.301 e. The lowest BCUT2D eigenvalue weighted by molar-refractivity contribution is 0.282. The summed E-state index contributed by atoms with van der Waals surface area (Å²) in [6, 6.07) is 6.34. The lowest BCUT2D eigenvalue weighted by Gasteiger charge is -2.30. The van der Waals surface area contributed by atoms with Crippen LogP contribution < -0.4 is 10.5 Å². The minimum absolute atomic E-state index is 0.0192. The van der Waals surface area contributed by atoms with Gasteiger partial charge < -0.3 is 10.9 Å². The first-order valence-corrected chi connectivity index (χ1v) is 8.22. The largest absolute Gasteiger partial charge is 0.409 e. The number of piperidine rings is 1. The van der Waals surface area contributed by atoms with E-state index in [0.29, 0.717) is 30.3 Å². The fraction of sp³-hybridized carbons (Fsp3) is 0.462. The van der Waals surface area contributed by atoms with E-state index in [1.165, 1.54) is 4.31 Å². The molecule has 0 saturated carbocycles. The van der Waals surface area contributed by atoms with Gasteiger partial charge in [0.1, 0.15) is 0 Å². The highest BCUT2D eigenvalue weighted by molar-refractivity contribution is 7.90. The summed E-state index contributed by atoms with van der Waals surface area (Å²) >= 11 is 0. The molecule has 1 saturated heterocycles. The molecule has 1 heterocycles. The Balaban J connectivity index is 2.09. The molecule has 0 spiro atoms. The molecule has 21 heavy (non-hydrogen) atoms. The van der Waals surface area contributed by atoms with Crippen LogP contribution >= 0.6 is 0 Å². The Hall–Kier alpha value is -1.80. The lowest BCUT2D eigenvalue weighted by atomic mass is 10.0. The van der Waals surface area contributed by atoms with Gasteiger partial charge in [0.2, 0.25) is 0 Å². The fourth-order valence-corrected chi connectivity index (χ4v) is 3.73. The van der Waals surface area contributed by atoms with Crippen LogP contribution in [0.4, 0.5) is 5.69 Å². The molecule has 0 amide bonds. The molecular weight excluding hydrogens is 292 g/mol. The molecule has 1 aromatic rings. The van der Waals surface area contributed by atoms with Gasteiger partial charge in [-0.3, -0.25) is 4.72 Å². The molecule has 1 fully saturated rings. The zero-order valence-electron chi connectivity index (χ0n) is 11.9. The Morgan fingerprint density at radius 1 is 1.43 bits per heavy atom. The topological polar surface area (TPSA) is 108 Å². The Bertz CT molecular complexity index is 613. The zero-order valence-corrected chi connectivity index (χ0v) is 12.7. The molecule has 1 aliphatic rings. The van der Waals surface area contributed by atoms with Crippen LogP contribution in [0.3, 0.4) is 0 Å². The van der Waals surface area contributed by atoms with Gasteiger partial charge in [-0.05, 0) is 43.0 Å². The molecule has 1 aliphatic heterocycles. The first-order chi connectivity index (χ1) is 9.92. The van der Waals surface area contributed by atoms with Crippen molar-refractivity contribution >= 4 is 21.7 Å². The molecule has 1 unspecified atom stereocenters. The number of nitrogens with zero attached hydrogens (tertiary/aromatic N) is 2. The van der Waals surface area contributed by atoms with Crippen molar-refractivity contribution in [1.29, 1.82) is 0 Å². The monoisotopic (exact) mass is 312 g/mol. The van der Waals surface area contributed by atoms with E-state index in [9.17, 15) is 8.42 Å². The third-order valence-corrected chi connectivity index (χ3v) is 5.00. The maximum absolute atomic E-state index is 12.3. The molecular formula is C13H20N4O3S. The van der Waals surface area contributed by atoms with Crippen molar-refractivity contribution in [3.63, 3.8) is 0 Å². The summed E-state index contributed by atoms with van der Waals surface area (Å²) < 4.78 is 28.6. The van der Waals surface area contributed by atoms with E-state index in [-0.39, 0.29) is 5.84 Å². The minimum Gasteiger partial charge on any atom is -0.409 e. The standard InChI is InChI=1S/C13H20N4O3S/c1-10-3-2-8-17(9-10)21(19,20)16-12-6-4-11(5-7-12)13(14)15-18/h4-7,10,16,18H,2-3,8-9H2,1H3,(H2,14,15). The van der Waals surface area contributed by atoms with E-state index in [2.05, 4.69) is 9.88 Å². The van der Waals surface area contributed by atoms with Gasteiger partial charge in [0.05, 0.1) is 0 Å². The Labute approximate surface area is 124 Å². The number of anilines is 1. The minimum atomic E-state index is -3.54. The van der Waals surface area contributed by atoms with Crippen molar-refractivity contribution in [3.05, 3.63) is 29.8 Å². The van der Waals surface area contributed by atoms with Crippen LogP contribution in [0.1, 0.15) is 25.3 Å². The highest BCUT2D eigenvalue weighted by Crippen LogP contribution is 2.20. The van der Waals surface area contributed by atoms with Crippen molar-refractivity contribution in [1.82, 2.24) is 4.31 Å². The van der Waals surface area contributed by atoms with Gasteiger partial charge >= 0.3 is 10.2 Å². The summed E-state index contributed by atoms with van der Waals surface area (Å²) in [4.78, 5) is 0. The number of oxime groups is 1. The van der Waals surface area contributed by atoms with Gasteiger partial charge in [0.25, 0.3) is 0 Å². The predicted molar refractivity (Wildman–Crippen MR) is 81.5 cm³/mol. The second-order valence-corrected chi connectivity index (χ2v) is 6.95. The zero-order chi connectivity index (χ0) is 15.5. The van der Waals surface area contributed by atoms with E-state index in [4.69, 9.17) is 10.9 Å². The Kier molecular flexibility index (Phi) is 4.69. The first kappa shape index (κ1) is 15.6. The average Bonchev–Trinajstić information content (AvgIpc) is 2.47. The van der Waals surface area contributed by atoms with Gasteiger partial charge in [-0.2, -0.15) is 12.7 Å². The maximum atomic E-state index is 12.3. The normalized spacial score (nSPS) is 21.2. The number of benzene rings is 1. The van der Waals surface area contributed by atoms with Crippen molar-refractivity contribution in [2.45, 2.75) is 19.8 Å². The van der Waals surface area contributed by atoms with Crippen LogP contribution in [-0.4, -0.2) is 36.9 Å². The molecule has 4 N–H and O–H groups in total. The molecule has 1 atom stereocenters. The summed E-state index contributed by atoms with van der Waals surface area (Å²) in [5.74, 6) is 0.354. The Morgan fingerprint density at radius 2 is 2.10 bits per heavy atom. The van der Waals surface area contributed by atoms with Crippen molar-refractivity contribution in [2.75, 3.05) is 17.8 Å². The van der Waals surface area contributed by atoms with E-state index >= 15 is 0 Å². The van der Waals surface area contributed by atoms with Crippen LogP contribution in [-0.2, 0) is 10.2 Å². The molecule has 8 heteroatoms. The Morgan fingerprint density at radius 3 is 2.67 bits per heavy atom. The summed E-state index contributed by atoms with van der Waals surface area (Å²) in [6.07, 6.45) is 1.94. The van der Waals surface area contributed by atoms with Gasteiger partial charge in [-0.15, -0.1) is 0 Å². The number of hydrogen-bond donors (Lipinski definition) is 3. The summed E-state index contributed by atoms with van der Waals surface area (Å²) in [6.45, 7) is 3.13. The van der Waals surface area contributed by atoms with Gasteiger partial charge in [0.15, 0.2) is 5.84 Å². The summed E-state index contributed by atoms with van der Waals surface area (Å²) in [5, 5.41) is 11.5. The molecule has 0 radical (unpaired) electrons. The number of rotatable bonds is 4. The van der Waals surface area contributed by atoms with Gasteiger partial charge in [0, 0.05) is 24.3 Å². The van der Waals surface area contributed by atoms with Crippen molar-refractivity contribution in [3.8, 4) is 0 Å². The van der Waals surface area contributed by atoms with Gasteiger partial charge in [-0.25, -0.2) is 0 Å². The molecule has 0 bridgehead atoms. The van der Waals surface area contributed by atoms with Crippen LogP contribution in [0, 0.1) is 5.92 Å². The van der Waals surface area contributed by atoms with Crippen LogP contribution in [0.25, 0.3) is 0 Å². The molecule has 2 rings (SSSR count). The highest BCUT2D eigenvalue weighted by atomic mass is 32.2. The third-order valence-electron chi connectivity index (χ3n) is 3.49. The van der Waals surface area contributed by atoms with Crippen LogP contribution in [0.15, 0.2) is 29.4 Å². The second-order valence-electron chi connectivity index (χ2n) is 5.28. The molecule has 1 aromatic carbocycles. The molecule has 7 nitrogen and oxygen atoms in total. The van der Waals surface area contributed by atoms with Crippen LogP contribution in [0.2, 0.25) is 0 Å². The predicted octanol–water partition coefficient (Wildman–Crippen LogP) is 1.17.